The lowest BCUT2D eigenvalue weighted by atomic mass is 10.2. The number of hydrogen-bond donors (Lipinski definition) is 2. The molecule has 21 heavy (non-hydrogen) atoms. The normalized spacial score (nSPS) is 26.7. The lowest BCUT2D eigenvalue weighted by Gasteiger charge is -2.25. The van der Waals surface area contributed by atoms with Gasteiger partial charge in [-0.1, -0.05) is 0 Å². The van der Waals surface area contributed by atoms with E-state index in [1.165, 1.54) is 17.5 Å². The fourth-order valence-corrected chi connectivity index (χ4v) is 3.33. The Kier molecular flexibility index (Phi) is 3.86. The molecule has 1 aromatic rings. The number of carbonyl (C=O) groups excluding carboxylic acids is 1. The van der Waals surface area contributed by atoms with Crippen molar-refractivity contribution in [3.05, 3.63) is 11.8 Å². The zero-order valence-corrected chi connectivity index (χ0v) is 12.4. The van der Waals surface area contributed by atoms with Gasteiger partial charge in [0.25, 0.3) is 0 Å². The van der Waals surface area contributed by atoms with Crippen molar-refractivity contribution in [3.8, 4) is 0 Å². The third-order valence-corrected chi connectivity index (χ3v) is 4.44. The van der Waals surface area contributed by atoms with Gasteiger partial charge < -0.3 is 15.7 Å². The summed E-state index contributed by atoms with van der Waals surface area (Å²) in [6.45, 7) is 5.03. The molecule has 1 amide bonds. The van der Waals surface area contributed by atoms with Crippen molar-refractivity contribution in [1.29, 1.82) is 0 Å². The van der Waals surface area contributed by atoms with E-state index in [9.17, 15) is 9.90 Å². The summed E-state index contributed by atoms with van der Waals surface area (Å²) in [6, 6.07) is 1.83. The number of hydrogen-bond acceptors (Lipinski definition) is 5. The highest BCUT2D eigenvalue weighted by atomic mass is 16.3. The van der Waals surface area contributed by atoms with Crippen molar-refractivity contribution in [3.63, 3.8) is 0 Å². The van der Waals surface area contributed by atoms with Crippen LogP contribution < -0.4 is 5.73 Å². The van der Waals surface area contributed by atoms with Crippen molar-refractivity contribution in [2.45, 2.75) is 38.5 Å². The molecule has 116 valence electrons. The highest BCUT2D eigenvalue weighted by molar-refractivity contribution is 5.76. The maximum absolute atomic E-state index is 12.4. The molecule has 0 spiro atoms. The summed E-state index contributed by atoms with van der Waals surface area (Å²) in [4.78, 5) is 16.4. The summed E-state index contributed by atoms with van der Waals surface area (Å²) in [5, 5.41) is 14.4. The second-order valence-corrected chi connectivity index (χ2v) is 6.04. The molecule has 7 heteroatoms. The maximum atomic E-state index is 12.4. The Morgan fingerprint density at radius 3 is 2.76 bits per heavy atom. The van der Waals surface area contributed by atoms with E-state index in [1.54, 1.807) is 11.0 Å². The molecule has 0 unspecified atom stereocenters. The number of likely N-dealkylation sites (tertiary alicyclic amines) is 2. The number of aromatic nitrogens is 2. The minimum atomic E-state index is -0.455. The number of nitrogens with zero attached hydrogens (tertiary/aromatic N) is 4. The molecule has 7 nitrogen and oxygen atoms in total. The Bertz CT molecular complexity index is 523. The molecule has 0 saturated carbocycles. The topological polar surface area (TPSA) is 87.6 Å². The first kappa shape index (κ1) is 14.3. The monoisotopic (exact) mass is 293 g/mol. The Hall–Kier alpha value is -1.60. The summed E-state index contributed by atoms with van der Waals surface area (Å²) in [5.41, 5.74) is 6.62. The lowest BCUT2D eigenvalue weighted by Crippen LogP contribution is -2.41. The molecule has 0 bridgehead atoms. The first-order valence-electron chi connectivity index (χ1n) is 7.54. The minimum Gasteiger partial charge on any atom is -0.390 e. The predicted molar refractivity (Wildman–Crippen MR) is 78.6 cm³/mol. The van der Waals surface area contributed by atoms with Crippen molar-refractivity contribution in [1.82, 2.24) is 19.6 Å². The first-order chi connectivity index (χ1) is 10.0. The van der Waals surface area contributed by atoms with Gasteiger partial charge in [0, 0.05) is 19.2 Å². The van der Waals surface area contributed by atoms with Crippen LogP contribution in [0.1, 0.15) is 18.5 Å². The highest BCUT2D eigenvalue weighted by Crippen LogP contribution is 2.21. The number of rotatable bonds is 3. The van der Waals surface area contributed by atoms with Gasteiger partial charge in [-0.05, 0) is 32.9 Å². The van der Waals surface area contributed by atoms with E-state index >= 15 is 0 Å². The average molecular weight is 293 g/mol. The Labute approximate surface area is 124 Å². The van der Waals surface area contributed by atoms with Crippen molar-refractivity contribution >= 4 is 11.7 Å². The van der Waals surface area contributed by atoms with Crippen molar-refractivity contribution < 1.29 is 9.90 Å². The van der Waals surface area contributed by atoms with Gasteiger partial charge in [0.1, 0.15) is 12.4 Å². The number of nitrogen functional groups attached to an aromatic ring is 1. The molecule has 0 aromatic carbocycles. The summed E-state index contributed by atoms with van der Waals surface area (Å²) in [5.74, 6) is 0.460. The fraction of sp³-hybridized carbons (Fsp3) is 0.714. The van der Waals surface area contributed by atoms with Gasteiger partial charge in [0.2, 0.25) is 5.91 Å². The second kappa shape index (κ2) is 5.65. The maximum Gasteiger partial charge on any atom is 0.244 e. The van der Waals surface area contributed by atoms with Gasteiger partial charge in [-0.3, -0.25) is 9.69 Å². The number of β-amino-alcohol motifs (C(OH)–C–C–N with tert-alkyl or cyclic N) is 1. The molecular weight excluding hydrogens is 270 g/mol. The molecule has 2 aliphatic rings. The largest absolute Gasteiger partial charge is 0.390 e. The summed E-state index contributed by atoms with van der Waals surface area (Å²) < 4.78 is 1.52. The molecule has 3 heterocycles. The lowest BCUT2D eigenvalue weighted by molar-refractivity contribution is -0.131. The van der Waals surface area contributed by atoms with Crippen LogP contribution in [0.25, 0.3) is 0 Å². The van der Waals surface area contributed by atoms with Crippen LogP contribution in [0, 0.1) is 6.92 Å². The van der Waals surface area contributed by atoms with Gasteiger partial charge >= 0.3 is 0 Å². The zero-order chi connectivity index (χ0) is 15.0. The minimum absolute atomic E-state index is 0.0365. The second-order valence-electron chi connectivity index (χ2n) is 6.04. The summed E-state index contributed by atoms with van der Waals surface area (Å²) in [6.07, 6.45) is 1.91. The quantitative estimate of drug-likeness (QED) is 0.780. The predicted octanol–water partition coefficient (Wildman–Crippen LogP) is -0.559. The van der Waals surface area contributed by atoms with Crippen LogP contribution in [-0.2, 0) is 11.3 Å². The molecule has 2 saturated heterocycles. The number of aliphatic hydroxyl groups is 1. The third-order valence-electron chi connectivity index (χ3n) is 4.44. The van der Waals surface area contributed by atoms with E-state index in [2.05, 4.69) is 10.00 Å². The van der Waals surface area contributed by atoms with Crippen LogP contribution in [0.4, 0.5) is 5.82 Å². The van der Waals surface area contributed by atoms with Gasteiger partial charge in [-0.15, -0.1) is 0 Å². The Morgan fingerprint density at radius 1 is 1.43 bits per heavy atom. The van der Waals surface area contributed by atoms with E-state index in [-0.39, 0.29) is 18.5 Å². The summed E-state index contributed by atoms with van der Waals surface area (Å²) >= 11 is 0. The van der Waals surface area contributed by atoms with E-state index in [0.717, 1.165) is 18.8 Å². The van der Waals surface area contributed by atoms with Gasteiger partial charge in [0.05, 0.1) is 17.8 Å². The first-order valence-corrected chi connectivity index (χ1v) is 7.54. The SMILES string of the molecule is Cc1cc(N)n(CC(=O)N2C[C@H](O)[C@@H](N3CCCC3)C2)n1. The molecule has 0 radical (unpaired) electrons. The average Bonchev–Trinajstić information content (AvgIpc) is 3.11. The Balaban J connectivity index is 1.62. The van der Waals surface area contributed by atoms with E-state index in [4.69, 9.17) is 5.73 Å². The third kappa shape index (κ3) is 2.89. The number of aryl methyl sites for hydroxylation is 1. The standard InChI is InChI=1S/C14H23N5O2/c1-10-6-13(15)19(16-10)9-14(21)18-7-11(12(20)8-18)17-4-2-3-5-17/h6,11-12,20H,2-5,7-9,15H2,1H3/t11-,12-/m0/s1. The number of anilines is 1. The van der Waals surface area contributed by atoms with Gasteiger partial charge in [-0.2, -0.15) is 5.10 Å². The van der Waals surface area contributed by atoms with E-state index in [1.807, 2.05) is 6.92 Å². The van der Waals surface area contributed by atoms with Gasteiger partial charge in [-0.25, -0.2) is 4.68 Å². The number of aliphatic hydroxyl groups excluding tert-OH is 1. The van der Waals surface area contributed by atoms with E-state index in [0.29, 0.717) is 18.9 Å². The molecule has 0 aliphatic carbocycles. The molecule has 2 fully saturated rings. The number of nitrogens with two attached hydrogens (primary N) is 1. The molecule has 2 aliphatic heterocycles. The van der Waals surface area contributed by atoms with Crippen LogP contribution >= 0.6 is 0 Å². The van der Waals surface area contributed by atoms with Crippen LogP contribution in [0.2, 0.25) is 0 Å². The molecule has 3 rings (SSSR count). The number of amides is 1. The number of carbonyl (C=O) groups is 1. The fourth-order valence-electron chi connectivity index (χ4n) is 3.33. The Morgan fingerprint density at radius 2 is 2.14 bits per heavy atom. The van der Waals surface area contributed by atoms with Crippen molar-refractivity contribution in [2.75, 3.05) is 31.9 Å². The van der Waals surface area contributed by atoms with E-state index < -0.39 is 6.10 Å². The van der Waals surface area contributed by atoms with Crippen LogP contribution in [0.3, 0.4) is 0 Å². The summed E-state index contributed by atoms with van der Waals surface area (Å²) in [7, 11) is 0. The zero-order valence-electron chi connectivity index (χ0n) is 12.4. The van der Waals surface area contributed by atoms with Crippen LogP contribution in [-0.4, -0.2) is 68.9 Å². The van der Waals surface area contributed by atoms with Crippen LogP contribution in [0.15, 0.2) is 6.07 Å². The van der Waals surface area contributed by atoms with Gasteiger partial charge in [0.15, 0.2) is 0 Å². The van der Waals surface area contributed by atoms with Crippen LogP contribution in [0.5, 0.6) is 0 Å². The molecular formula is C14H23N5O2. The van der Waals surface area contributed by atoms with Crippen molar-refractivity contribution in [2.24, 2.45) is 0 Å². The smallest absolute Gasteiger partial charge is 0.244 e. The molecule has 1 aromatic heterocycles. The highest BCUT2D eigenvalue weighted by Gasteiger charge is 2.38. The molecule has 3 N–H and O–H groups in total. The molecule has 2 atom stereocenters.